The second-order valence-electron chi connectivity index (χ2n) is 4.96. The summed E-state index contributed by atoms with van der Waals surface area (Å²) in [5, 5.41) is 19.0. The van der Waals surface area contributed by atoms with Crippen LogP contribution in [0.3, 0.4) is 0 Å². The number of anilines is 1. The molecule has 0 spiro atoms. The topological polar surface area (TPSA) is 115 Å². The van der Waals surface area contributed by atoms with Gasteiger partial charge in [0, 0.05) is 18.2 Å². The van der Waals surface area contributed by atoms with Crippen LogP contribution in [0.4, 0.5) is 11.4 Å². The van der Waals surface area contributed by atoms with E-state index in [1.165, 1.54) is 12.1 Å². The van der Waals surface area contributed by atoms with Gasteiger partial charge in [0.05, 0.1) is 10.6 Å². The second-order valence-corrected chi connectivity index (χ2v) is 6.49. The van der Waals surface area contributed by atoms with Gasteiger partial charge in [0.15, 0.2) is 0 Å². The summed E-state index contributed by atoms with van der Waals surface area (Å²) < 4.78 is 23.1. The lowest BCUT2D eigenvalue weighted by Crippen LogP contribution is -2.24. The Hall–Kier alpha value is -1.67. The fraction of sp³-hybridized carbons (Fsp3) is 0.500. The van der Waals surface area contributed by atoms with Gasteiger partial charge in [0.25, 0.3) is 5.69 Å². The minimum absolute atomic E-state index is 0.103. The molecule has 1 aromatic rings. The highest BCUT2D eigenvalue weighted by molar-refractivity contribution is 7.89. The van der Waals surface area contributed by atoms with Crippen molar-refractivity contribution in [2.24, 2.45) is 5.14 Å². The number of nitrogens with one attached hydrogen (secondary N) is 1. The number of hydrogen-bond acceptors (Lipinski definition) is 5. The van der Waals surface area contributed by atoms with Gasteiger partial charge < -0.3 is 5.32 Å². The molecule has 0 amide bonds. The van der Waals surface area contributed by atoms with E-state index in [9.17, 15) is 18.5 Å². The van der Waals surface area contributed by atoms with E-state index in [-0.39, 0.29) is 22.3 Å². The van der Waals surface area contributed by atoms with Gasteiger partial charge in [-0.2, -0.15) is 0 Å². The third-order valence-electron chi connectivity index (χ3n) is 3.45. The van der Waals surface area contributed by atoms with Crippen molar-refractivity contribution in [2.45, 2.75) is 43.0 Å². The van der Waals surface area contributed by atoms with Gasteiger partial charge >= 0.3 is 0 Å². The fourth-order valence-corrected chi connectivity index (χ4v) is 3.14. The van der Waals surface area contributed by atoms with E-state index in [0.717, 1.165) is 38.2 Å². The predicted molar refractivity (Wildman–Crippen MR) is 75.0 cm³/mol. The third kappa shape index (κ3) is 3.45. The van der Waals surface area contributed by atoms with Crippen LogP contribution in [0.5, 0.6) is 0 Å². The number of nitro benzene ring substituents is 1. The van der Waals surface area contributed by atoms with Crippen LogP contribution in [0.15, 0.2) is 23.1 Å². The number of benzene rings is 1. The van der Waals surface area contributed by atoms with E-state index in [0.29, 0.717) is 0 Å². The molecule has 0 heterocycles. The number of nitrogens with zero attached hydrogens (tertiary/aromatic N) is 1. The van der Waals surface area contributed by atoms with Gasteiger partial charge in [0.2, 0.25) is 10.0 Å². The van der Waals surface area contributed by atoms with E-state index in [2.05, 4.69) is 5.32 Å². The average Bonchev–Trinajstić information content (AvgIpc) is 2.38. The molecule has 20 heavy (non-hydrogen) atoms. The Morgan fingerprint density at radius 1 is 1.25 bits per heavy atom. The minimum Gasteiger partial charge on any atom is -0.381 e. The molecule has 1 aromatic carbocycles. The molecular formula is C12H17N3O4S. The number of sulfonamides is 1. The lowest BCUT2D eigenvalue weighted by Gasteiger charge is -2.24. The molecule has 0 aliphatic heterocycles. The number of nitrogens with two attached hydrogens (primary N) is 1. The largest absolute Gasteiger partial charge is 0.381 e. The molecule has 2 rings (SSSR count). The zero-order valence-electron chi connectivity index (χ0n) is 10.9. The summed E-state index contributed by atoms with van der Waals surface area (Å²) in [5.41, 5.74) is 0.0595. The van der Waals surface area contributed by atoms with Crippen LogP contribution in [0, 0.1) is 10.1 Å². The molecule has 0 radical (unpaired) electrons. The number of nitro groups is 1. The molecule has 0 unspecified atom stereocenters. The maximum absolute atomic E-state index is 11.5. The van der Waals surface area contributed by atoms with Gasteiger partial charge in [-0.05, 0) is 18.9 Å². The molecule has 8 heteroatoms. The van der Waals surface area contributed by atoms with E-state index in [4.69, 9.17) is 5.14 Å². The molecule has 110 valence electrons. The quantitative estimate of drug-likeness (QED) is 0.651. The molecular weight excluding hydrogens is 282 g/mol. The molecule has 1 saturated carbocycles. The number of rotatable bonds is 4. The first-order valence-electron chi connectivity index (χ1n) is 6.46. The van der Waals surface area contributed by atoms with Crippen LogP contribution in [-0.4, -0.2) is 19.4 Å². The van der Waals surface area contributed by atoms with Crippen molar-refractivity contribution >= 4 is 21.4 Å². The molecule has 3 N–H and O–H groups in total. The van der Waals surface area contributed by atoms with E-state index >= 15 is 0 Å². The van der Waals surface area contributed by atoms with Crippen molar-refractivity contribution in [1.29, 1.82) is 0 Å². The van der Waals surface area contributed by atoms with Crippen molar-refractivity contribution < 1.29 is 13.3 Å². The Morgan fingerprint density at radius 2 is 1.90 bits per heavy atom. The Kier molecular flexibility index (Phi) is 4.24. The molecule has 1 aliphatic carbocycles. The van der Waals surface area contributed by atoms with Gasteiger partial charge in [-0.3, -0.25) is 10.1 Å². The van der Waals surface area contributed by atoms with Crippen LogP contribution in [0.1, 0.15) is 32.1 Å². The summed E-state index contributed by atoms with van der Waals surface area (Å²) in [6.07, 6.45) is 5.14. The SMILES string of the molecule is NS(=O)(=O)c1ccc([N+](=O)[O-])cc1NC1CCCCC1. The fourth-order valence-electron chi connectivity index (χ4n) is 2.46. The predicted octanol–water partition coefficient (Wildman–Crippen LogP) is 1.99. The summed E-state index contributed by atoms with van der Waals surface area (Å²) in [5.74, 6) is 0. The first kappa shape index (κ1) is 14.7. The molecule has 1 aliphatic rings. The normalized spacial score (nSPS) is 16.9. The van der Waals surface area contributed by atoms with Gasteiger partial charge in [0.1, 0.15) is 4.90 Å². The highest BCUT2D eigenvalue weighted by Crippen LogP contribution is 2.29. The number of primary sulfonamides is 1. The summed E-state index contributed by atoms with van der Waals surface area (Å²) in [4.78, 5) is 10.1. The first-order valence-corrected chi connectivity index (χ1v) is 8.00. The van der Waals surface area contributed by atoms with Crippen LogP contribution in [0.25, 0.3) is 0 Å². The summed E-state index contributed by atoms with van der Waals surface area (Å²) in [7, 11) is -3.91. The highest BCUT2D eigenvalue weighted by Gasteiger charge is 2.21. The van der Waals surface area contributed by atoms with E-state index in [1.54, 1.807) is 0 Å². The van der Waals surface area contributed by atoms with Crippen molar-refractivity contribution in [3.63, 3.8) is 0 Å². The van der Waals surface area contributed by atoms with Crippen LogP contribution in [-0.2, 0) is 10.0 Å². The zero-order valence-corrected chi connectivity index (χ0v) is 11.7. The standard InChI is InChI=1S/C12H17N3O4S/c13-20(18,19)12-7-6-10(15(16)17)8-11(12)14-9-4-2-1-3-5-9/h6-9,14H,1-5H2,(H2,13,18,19). The third-order valence-corrected chi connectivity index (χ3v) is 4.41. The molecule has 1 fully saturated rings. The second kappa shape index (κ2) is 5.76. The number of hydrogen-bond donors (Lipinski definition) is 2. The monoisotopic (exact) mass is 299 g/mol. The van der Waals surface area contributed by atoms with Gasteiger partial charge in [-0.1, -0.05) is 19.3 Å². The van der Waals surface area contributed by atoms with E-state index < -0.39 is 14.9 Å². The lowest BCUT2D eigenvalue weighted by molar-refractivity contribution is -0.384. The first-order chi connectivity index (χ1) is 9.38. The van der Waals surface area contributed by atoms with Crippen LogP contribution < -0.4 is 10.5 Å². The van der Waals surface area contributed by atoms with Crippen LogP contribution in [0.2, 0.25) is 0 Å². The van der Waals surface area contributed by atoms with Crippen molar-refractivity contribution in [1.82, 2.24) is 0 Å². The minimum atomic E-state index is -3.91. The van der Waals surface area contributed by atoms with Crippen molar-refractivity contribution in [3.8, 4) is 0 Å². The summed E-state index contributed by atoms with van der Waals surface area (Å²) >= 11 is 0. The Morgan fingerprint density at radius 3 is 2.45 bits per heavy atom. The van der Waals surface area contributed by atoms with E-state index in [1.807, 2.05) is 0 Å². The maximum atomic E-state index is 11.5. The van der Waals surface area contributed by atoms with Crippen molar-refractivity contribution in [2.75, 3.05) is 5.32 Å². The lowest BCUT2D eigenvalue weighted by atomic mass is 9.95. The van der Waals surface area contributed by atoms with Crippen molar-refractivity contribution in [3.05, 3.63) is 28.3 Å². The smallest absolute Gasteiger partial charge is 0.271 e. The highest BCUT2D eigenvalue weighted by atomic mass is 32.2. The summed E-state index contributed by atoms with van der Waals surface area (Å²) in [6.45, 7) is 0. The molecule has 0 atom stereocenters. The van der Waals surface area contributed by atoms with Gasteiger partial charge in [-0.15, -0.1) is 0 Å². The van der Waals surface area contributed by atoms with Crippen LogP contribution >= 0.6 is 0 Å². The molecule has 0 saturated heterocycles. The molecule has 7 nitrogen and oxygen atoms in total. The Labute approximate surface area is 117 Å². The Balaban J connectivity index is 2.35. The molecule has 0 bridgehead atoms. The zero-order chi connectivity index (χ0) is 14.8. The average molecular weight is 299 g/mol. The Bertz CT molecular complexity index is 609. The maximum Gasteiger partial charge on any atom is 0.271 e. The number of non-ortho nitro benzene ring substituents is 1. The van der Waals surface area contributed by atoms with Gasteiger partial charge in [-0.25, -0.2) is 13.6 Å². The summed E-state index contributed by atoms with van der Waals surface area (Å²) in [6, 6.07) is 3.69. The molecule has 0 aromatic heterocycles.